The standard InChI is InChI=1S/C24H28F3N7S/c1-14(2)17-12-31-34-21(10-20(33-23(17)34)29-11-15-5-7-28-8-6-15)30-13-22-32-18-9-16(24(25,26)27)3-4-19(18)35-22/h3-4,9-10,12,14-15,28,30H,5-8,11,13H2,1-2H3,(H,29,33). The number of hydrogen-bond acceptors (Lipinski definition) is 7. The summed E-state index contributed by atoms with van der Waals surface area (Å²) in [5.41, 5.74) is 1.51. The van der Waals surface area contributed by atoms with Crippen molar-refractivity contribution in [1.82, 2.24) is 24.9 Å². The van der Waals surface area contributed by atoms with Crippen molar-refractivity contribution in [1.29, 1.82) is 0 Å². The summed E-state index contributed by atoms with van der Waals surface area (Å²) in [5, 5.41) is 15.5. The molecule has 1 aliphatic rings. The quantitative estimate of drug-likeness (QED) is 0.309. The molecule has 3 N–H and O–H groups in total. The number of fused-ring (bicyclic) bond motifs is 2. The zero-order valence-electron chi connectivity index (χ0n) is 19.6. The summed E-state index contributed by atoms with van der Waals surface area (Å²) in [4.78, 5) is 9.26. The van der Waals surface area contributed by atoms with Crippen LogP contribution < -0.4 is 16.0 Å². The first kappa shape index (κ1) is 23.8. The Hall–Kier alpha value is -2.92. The van der Waals surface area contributed by atoms with Gasteiger partial charge >= 0.3 is 6.18 Å². The molecule has 1 fully saturated rings. The Morgan fingerprint density at radius 1 is 1.14 bits per heavy atom. The van der Waals surface area contributed by atoms with Gasteiger partial charge in [0.25, 0.3) is 0 Å². The summed E-state index contributed by atoms with van der Waals surface area (Å²) >= 11 is 1.38. The first-order valence-electron chi connectivity index (χ1n) is 11.8. The van der Waals surface area contributed by atoms with Gasteiger partial charge < -0.3 is 16.0 Å². The van der Waals surface area contributed by atoms with Crippen molar-refractivity contribution in [2.45, 2.75) is 45.3 Å². The highest BCUT2D eigenvalue weighted by atomic mass is 32.1. The molecule has 0 aliphatic carbocycles. The second kappa shape index (κ2) is 9.62. The van der Waals surface area contributed by atoms with Gasteiger partial charge in [-0.3, -0.25) is 0 Å². The minimum absolute atomic E-state index is 0.264. The number of aromatic nitrogens is 4. The third kappa shape index (κ3) is 5.20. The molecule has 4 heterocycles. The van der Waals surface area contributed by atoms with Gasteiger partial charge in [0, 0.05) is 18.2 Å². The lowest BCUT2D eigenvalue weighted by molar-refractivity contribution is -0.137. The molecule has 0 spiro atoms. The summed E-state index contributed by atoms with van der Waals surface area (Å²) in [5.74, 6) is 2.40. The van der Waals surface area contributed by atoms with Crippen LogP contribution in [-0.4, -0.2) is 39.2 Å². The predicted molar refractivity (Wildman–Crippen MR) is 133 cm³/mol. The van der Waals surface area contributed by atoms with Crippen LogP contribution >= 0.6 is 11.3 Å². The van der Waals surface area contributed by atoms with Crippen molar-refractivity contribution in [3.8, 4) is 0 Å². The van der Waals surface area contributed by atoms with E-state index in [1.54, 1.807) is 4.52 Å². The largest absolute Gasteiger partial charge is 0.416 e. The Morgan fingerprint density at radius 2 is 1.94 bits per heavy atom. The minimum atomic E-state index is -4.38. The summed E-state index contributed by atoms with van der Waals surface area (Å²) in [6.45, 7) is 7.52. The molecule has 0 amide bonds. The molecule has 5 rings (SSSR count). The number of halogens is 3. The normalized spacial score (nSPS) is 15.4. The Bertz CT molecular complexity index is 1320. The van der Waals surface area contributed by atoms with Gasteiger partial charge in [-0.25, -0.2) is 9.97 Å². The number of alkyl halides is 3. The molecule has 0 bridgehead atoms. The highest BCUT2D eigenvalue weighted by molar-refractivity contribution is 7.18. The third-order valence-electron chi connectivity index (χ3n) is 6.33. The van der Waals surface area contributed by atoms with Gasteiger partial charge in [0.05, 0.1) is 28.5 Å². The van der Waals surface area contributed by atoms with Gasteiger partial charge in [0.15, 0.2) is 5.65 Å². The lowest BCUT2D eigenvalue weighted by atomic mass is 9.98. The average Bonchev–Trinajstić information content (AvgIpc) is 3.45. The number of rotatable bonds is 7. The van der Waals surface area contributed by atoms with Gasteiger partial charge in [-0.2, -0.15) is 22.8 Å². The van der Waals surface area contributed by atoms with Gasteiger partial charge in [-0.15, -0.1) is 11.3 Å². The number of benzene rings is 1. The SMILES string of the molecule is CC(C)c1cnn2c(NCc3nc4cc(C(F)(F)F)ccc4s3)cc(NCC3CCNCC3)nc12. The Labute approximate surface area is 205 Å². The number of anilines is 2. The molecule has 0 saturated carbocycles. The summed E-state index contributed by atoms with van der Waals surface area (Å²) in [7, 11) is 0. The molecular formula is C24H28F3N7S. The molecule has 0 atom stereocenters. The van der Waals surface area contributed by atoms with Crippen molar-refractivity contribution < 1.29 is 13.2 Å². The molecular weight excluding hydrogens is 475 g/mol. The van der Waals surface area contributed by atoms with Crippen LogP contribution in [0.3, 0.4) is 0 Å². The lowest BCUT2D eigenvalue weighted by Crippen LogP contribution is -2.31. The number of nitrogens with zero attached hydrogens (tertiary/aromatic N) is 4. The summed E-state index contributed by atoms with van der Waals surface area (Å²) in [6.07, 6.45) is -0.272. The highest BCUT2D eigenvalue weighted by Crippen LogP contribution is 2.33. The smallest absolute Gasteiger partial charge is 0.370 e. The fourth-order valence-corrected chi connectivity index (χ4v) is 5.22. The molecule has 11 heteroatoms. The number of nitrogens with one attached hydrogen (secondary N) is 3. The highest BCUT2D eigenvalue weighted by Gasteiger charge is 2.30. The van der Waals surface area contributed by atoms with Crippen LogP contribution in [-0.2, 0) is 12.7 Å². The second-order valence-electron chi connectivity index (χ2n) is 9.23. The van der Waals surface area contributed by atoms with Crippen LogP contribution in [0.5, 0.6) is 0 Å². The van der Waals surface area contributed by atoms with Crippen LogP contribution in [0.1, 0.15) is 48.7 Å². The number of piperidine rings is 1. The van der Waals surface area contributed by atoms with Crippen molar-refractivity contribution in [2.75, 3.05) is 30.3 Å². The lowest BCUT2D eigenvalue weighted by Gasteiger charge is -2.23. The summed E-state index contributed by atoms with van der Waals surface area (Å²) in [6, 6.07) is 5.61. The molecule has 1 saturated heterocycles. The number of hydrogen-bond donors (Lipinski definition) is 3. The van der Waals surface area contributed by atoms with Crippen molar-refractivity contribution >= 4 is 38.8 Å². The van der Waals surface area contributed by atoms with E-state index >= 15 is 0 Å². The first-order valence-corrected chi connectivity index (χ1v) is 12.6. The Kier molecular flexibility index (Phi) is 6.54. The van der Waals surface area contributed by atoms with Crippen molar-refractivity contribution in [2.24, 2.45) is 5.92 Å². The zero-order chi connectivity index (χ0) is 24.6. The average molecular weight is 504 g/mol. The zero-order valence-corrected chi connectivity index (χ0v) is 20.4. The molecule has 4 aromatic rings. The molecule has 186 valence electrons. The second-order valence-corrected chi connectivity index (χ2v) is 10.3. The molecule has 1 aromatic carbocycles. The topological polar surface area (TPSA) is 79.2 Å². The minimum Gasteiger partial charge on any atom is -0.370 e. The van der Waals surface area contributed by atoms with Gasteiger partial charge in [-0.1, -0.05) is 13.8 Å². The van der Waals surface area contributed by atoms with E-state index in [2.05, 4.69) is 39.9 Å². The van der Waals surface area contributed by atoms with E-state index in [0.717, 1.165) is 72.2 Å². The monoisotopic (exact) mass is 503 g/mol. The maximum atomic E-state index is 13.1. The molecule has 0 radical (unpaired) electrons. The van der Waals surface area contributed by atoms with Gasteiger partial charge in [0.1, 0.15) is 16.6 Å². The summed E-state index contributed by atoms with van der Waals surface area (Å²) < 4.78 is 41.7. The van der Waals surface area contributed by atoms with E-state index < -0.39 is 11.7 Å². The van der Waals surface area contributed by atoms with E-state index in [4.69, 9.17) is 4.98 Å². The molecule has 1 aliphatic heterocycles. The van der Waals surface area contributed by atoms with Gasteiger partial charge in [0.2, 0.25) is 0 Å². The Morgan fingerprint density at radius 3 is 2.69 bits per heavy atom. The molecule has 3 aromatic heterocycles. The van der Waals surface area contributed by atoms with Crippen molar-refractivity contribution in [3.63, 3.8) is 0 Å². The van der Waals surface area contributed by atoms with Crippen LogP contribution in [0.4, 0.5) is 24.8 Å². The fourth-order valence-electron chi connectivity index (χ4n) is 4.33. The third-order valence-corrected chi connectivity index (χ3v) is 7.37. The fraction of sp³-hybridized carbons (Fsp3) is 0.458. The van der Waals surface area contributed by atoms with E-state index in [0.29, 0.717) is 23.0 Å². The van der Waals surface area contributed by atoms with Crippen LogP contribution in [0, 0.1) is 5.92 Å². The Balaban J connectivity index is 1.39. The van der Waals surface area contributed by atoms with Gasteiger partial charge in [-0.05, 0) is 56.0 Å². The van der Waals surface area contributed by atoms with E-state index in [9.17, 15) is 13.2 Å². The van der Waals surface area contributed by atoms with Crippen LogP contribution in [0.15, 0.2) is 30.5 Å². The van der Waals surface area contributed by atoms with E-state index in [-0.39, 0.29) is 5.92 Å². The molecule has 35 heavy (non-hydrogen) atoms. The van der Waals surface area contributed by atoms with E-state index in [1.807, 2.05) is 12.3 Å². The van der Waals surface area contributed by atoms with Crippen LogP contribution in [0.25, 0.3) is 15.9 Å². The maximum absolute atomic E-state index is 13.1. The molecule has 0 unspecified atom stereocenters. The first-order chi connectivity index (χ1) is 16.8. The maximum Gasteiger partial charge on any atom is 0.416 e. The number of thiazole rings is 1. The van der Waals surface area contributed by atoms with Crippen molar-refractivity contribution in [3.05, 3.63) is 46.6 Å². The van der Waals surface area contributed by atoms with Crippen LogP contribution in [0.2, 0.25) is 0 Å². The molecule has 7 nitrogen and oxygen atoms in total. The predicted octanol–water partition coefficient (Wildman–Crippen LogP) is 5.50. The van der Waals surface area contributed by atoms with E-state index in [1.165, 1.54) is 17.4 Å².